The predicted molar refractivity (Wildman–Crippen MR) is 47.6 cm³/mol. The third-order valence-corrected chi connectivity index (χ3v) is 3.25. The van der Waals surface area contributed by atoms with Gasteiger partial charge in [0.15, 0.2) is 0 Å². The second kappa shape index (κ2) is 3.57. The molecule has 1 heterocycles. The summed E-state index contributed by atoms with van der Waals surface area (Å²) in [5, 5.41) is 3.62. The normalized spacial score (nSPS) is 33.3. The molecule has 0 bridgehead atoms. The number of rotatable bonds is 2. The van der Waals surface area contributed by atoms with Crippen LogP contribution in [0.3, 0.4) is 0 Å². The second-order valence-electron chi connectivity index (χ2n) is 4.18. The lowest BCUT2D eigenvalue weighted by Crippen LogP contribution is -2.36. The van der Waals surface area contributed by atoms with Crippen LogP contribution in [0.4, 0.5) is 0 Å². The highest BCUT2D eigenvalue weighted by Crippen LogP contribution is 2.31. The Balaban J connectivity index is 1.67. The van der Waals surface area contributed by atoms with Crippen LogP contribution in [0.2, 0.25) is 0 Å². The van der Waals surface area contributed by atoms with Gasteiger partial charge in [-0.2, -0.15) is 0 Å². The summed E-state index contributed by atoms with van der Waals surface area (Å²) in [5.74, 6) is 1.09. The smallest absolute Gasteiger partial charge is 0.00697 e. The van der Waals surface area contributed by atoms with E-state index < -0.39 is 0 Å². The summed E-state index contributed by atoms with van der Waals surface area (Å²) < 4.78 is 0. The predicted octanol–water partition coefficient (Wildman–Crippen LogP) is 2.32. The van der Waals surface area contributed by atoms with Gasteiger partial charge < -0.3 is 5.32 Å². The zero-order valence-electron chi connectivity index (χ0n) is 7.31. The molecule has 11 heavy (non-hydrogen) atoms. The van der Waals surface area contributed by atoms with Gasteiger partial charge in [-0.1, -0.05) is 25.7 Å². The first kappa shape index (κ1) is 7.60. The van der Waals surface area contributed by atoms with Crippen LogP contribution < -0.4 is 5.32 Å². The Morgan fingerprint density at radius 3 is 2.45 bits per heavy atom. The van der Waals surface area contributed by atoms with Gasteiger partial charge >= 0.3 is 0 Å². The lowest BCUT2D eigenvalue weighted by molar-refractivity contribution is 0.240. The minimum Gasteiger partial charge on any atom is -0.314 e. The van der Waals surface area contributed by atoms with Crippen molar-refractivity contribution in [2.24, 2.45) is 5.92 Å². The molecule has 2 aliphatic rings. The van der Waals surface area contributed by atoms with E-state index >= 15 is 0 Å². The molecule has 0 aromatic carbocycles. The van der Waals surface area contributed by atoms with Gasteiger partial charge in [-0.15, -0.1) is 0 Å². The first-order chi connectivity index (χ1) is 5.45. The van der Waals surface area contributed by atoms with Crippen LogP contribution in [0, 0.1) is 5.92 Å². The van der Waals surface area contributed by atoms with Gasteiger partial charge in [0.05, 0.1) is 0 Å². The van der Waals surface area contributed by atoms with E-state index in [1.165, 1.54) is 51.5 Å². The van der Waals surface area contributed by atoms with Crippen molar-refractivity contribution in [2.75, 3.05) is 6.54 Å². The second-order valence-corrected chi connectivity index (χ2v) is 4.18. The Morgan fingerprint density at radius 2 is 1.91 bits per heavy atom. The van der Waals surface area contributed by atoms with Crippen LogP contribution in [0.15, 0.2) is 0 Å². The maximum Gasteiger partial charge on any atom is 0.00697 e. The van der Waals surface area contributed by atoms with Gasteiger partial charge in [0, 0.05) is 6.04 Å². The zero-order valence-corrected chi connectivity index (χ0v) is 7.31. The summed E-state index contributed by atoms with van der Waals surface area (Å²) in [6.07, 6.45) is 10.3. The SMILES string of the molecule is C1CCC(CC2CCC2)NC1. The van der Waals surface area contributed by atoms with Crippen molar-refractivity contribution in [1.29, 1.82) is 0 Å². The maximum absolute atomic E-state index is 3.62. The molecule has 1 nitrogen and oxygen atoms in total. The van der Waals surface area contributed by atoms with Crippen molar-refractivity contribution < 1.29 is 0 Å². The lowest BCUT2D eigenvalue weighted by atomic mass is 9.79. The van der Waals surface area contributed by atoms with Crippen LogP contribution >= 0.6 is 0 Å². The minimum atomic E-state index is 0.883. The third-order valence-electron chi connectivity index (χ3n) is 3.25. The average molecular weight is 153 g/mol. The molecule has 0 spiro atoms. The van der Waals surface area contributed by atoms with Gasteiger partial charge in [-0.05, 0) is 31.7 Å². The summed E-state index contributed by atoms with van der Waals surface area (Å²) in [7, 11) is 0. The molecular formula is C10H19N. The molecule has 1 saturated heterocycles. The van der Waals surface area contributed by atoms with Crippen LogP contribution in [0.5, 0.6) is 0 Å². The first-order valence-corrected chi connectivity index (χ1v) is 5.18. The van der Waals surface area contributed by atoms with Gasteiger partial charge in [0.1, 0.15) is 0 Å². The third kappa shape index (κ3) is 1.96. The van der Waals surface area contributed by atoms with E-state index in [0.717, 1.165) is 12.0 Å². The zero-order chi connectivity index (χ0) is 7.52. The molecule has 0 radical (unpaired) electrons. The Kier molecular flexibility index (Phi) is 2.47. The highest BCUT2D eigenvalue weighted by atomic mass is 14.9. The van der Waals surface area contributed by atoms with Crippen molar-refractivity contribution in [3.8, 4) is 0 Å². The van der Waals surface area contributed by atoms with Gasteiger partial charge in [0.2, 0.25) is 0 Å². The van der Waals surface area contributed by atoms with E-state index in [4.69, 9.17) is 0 Å². The van der Waals surface area contributed by atoms with Crippen LogP contribution in [-0.4, -0.2) is 12.6 Å². The lowest BCUT2D eigenvalue weighted by Gasteiger charge is -2.32. The molecule has 1 aliphatic heterocycles. The van der Waals surface area contributed by atoms with E-state index in [1.807, 2.05) is 0 Å². The summed E-state index contributed by atoms with van der Waals surface area (Å²) >= 11 is 0. The molecule has 1 saturated carbocycles. The molecule has 64 valence electrons. The number of hydrogen-bond donors (Lipinski definition) is 1. The van der Waals surface area contributed by atoms with E-state index in [0.29, 0.717) is 0 Å². The van der Waals surface area contributed by atoms with Crippen LogP contribution in [0.1, 0.15) is 44.9 Å². The average Bonchev–Trinajstić information content (AvgIpc) is 1.99. The fourth-order valence-electron chi connectivity index (χ4n) is 2.26. The number of piperidine rings is 1. The van der Waals surface area contributed by atoms with Gasteiger partial charge in [-0.25, -0.2) is 0 Å². The molecule has 0 aromatic rings. The summed E-state index contributed by atoms with van der Waals surface area (Å²) in [4.78, 5) is 0. The Labute approximate surface area is 69.6 Å². The Morgan fingerprint density at radius 1 is 1.00 bits per heavy atom. The van der Waals surface area contributed by atoms with E-state index in [-0.39, 0.29) is 0 Å². The molecule has 1 unspecified atom stereocenters. The fraction of sp³-hybridized carbons (Fsp3) is 1.00. The van der Waals surface area contributed by atoms with Crippen molar-refractivity contribution >= 4 is 0 Å². The highest BCUT2D eigenvalue weighted by molar-refractivity contribution is 4.79. The molecule has 0 amide bonds. The van der Waals surface area contributed by atoms with Gasteiger partial charge in [0.25, 0.3) is 0 Å². The minimum absolute atomic E-state index is 0.883. The van der Waals surface area contributed by atoms with E-state index in [9.17, 15) is 0 Å². The quantitative estimate of drug-likeness (QED) is 0.642. The molecule has 1 atom stereocenters. The topological polar surface area (TPSA) is 12.0 Å². The highest BCUT2D eigenvalue weighted by Gasteiger charge is 2.22. The van der Waals surface area contributed by atoms with Crippen molar-refractivity contribution in [1.82, 2.24) is 5.32 Å². The Hall–Kier alpha value is -0.0400. The molecule has 2 fully saturated rings. The maximum atomic E-state index is 3.62. The van der Waals surface area contributed by atoms with Crippen molar-refractivity contribution in [2.45, 2.75) is 51.0 Å². The van der Waals surface area contributed by atoms with E-state index in [2.05, 4.69) is 5.32 Å². The molecular weight excluding hydrogens is 134 g/mol. The van der Waals surface area contributed by atoms with Crippen LogP contribution in [0.25, 0.3) is 0 Å². The summed E-state index contributed by atoms with van der Waals surface area (Å²) in [6.45, 7) is 1.28. The molecule has 1 N–H and O–H groups in total. The van der Waals surface area contributed by atoms with Crippen LogP contribution in [-0.2, 0) is 0 Å². The molecule has 1 heteroatoms. The summed E-state index contributed by atoms with van der Waals surface area (Å²) in [6, 6.07) is 0.883. The van der Waals surface area contributed by atoms with Crippen molar-refractivity contribution in [3.05, 3.63) is 0 Å². The summed E-state index contributed by atoms with van der Waals surface area (Å²) in [5.41, 5.74) is 0. The number of nitrogens with one attached hydrogen (secondary N) is 1. The monoisotopic (exact) mass is 153 g/mol. The Bertz CT molecular complexity index is 112. The fourth-order valence-corrected chi connectivity index (χ4v) is 2.26. The molecule has 0 aromatic heterocycles. The number of hydrogen-bond acceptors (Lipinski definition) is 1. The molecule has 2 rings (SSSR count). The molecule has 1 aliphatic carbocycles. The van der Waals surface area contributed by atoms with E-state index in [1.54, 1.807) is 0 Å². The standard InChI is InChI=1S/C10H19N/c1-2-7-11-10(6-1)8-9-4-3-5-9/h9-11H,1-8H2. The van der Waals surface area contributed by atoms with Gasteiger partial charge in [-0.3, -0.25) is 0 Å². The first-order valence-electron chi connectivity index (χ1n) is 5.18. The van der Waals surface area contributed by atoms with Crippen molar-refractivity contribution in [3.63, 3.8) is 0 Å². The largest absolute Gasteiger partial charge is 0.314 e.